The van der Waals surface area contributed by atoms with E-state index in [9.17, 15) is 0 Å². The predicted octanol–water partition coefficient (Wildman–Crippen LogP) is 4.31. The largest absolute Gasteiger partial charge is 0.232 e. The zero-order chi connectivity index (χ0) is 14.4. The van der Waals surface area contributed by atoms with E-state index in [0.29, 0.717) is 0 Å². The van der Waals surface area contributed by atoms with E-state index >= 15 is 0 Å². The first-order valence-corrected chi connectivity index (χ1v) is 6.96. The Morgan fingerprint density at radius 2 is 1.70 bits per heavy atom. The summed E-state index contributed by atoms with van der Waals surface area (Å²) in [5, 5.41) is 6.43. The third-order valence-electron chi connectivity index (χ3n) is 3.68. The van der Waals surface area contributed by atoms with Crippen molar-refractivity contribution in [3.05, 3.63) is 51.8 Å². The highest BCUT2D eigenvalue weighted by Gasteiger charge is 2.17. The van der Waals surface area contributed by atoms with Gasteiger partial charge in [0.05, 0.1) is 22.1 Å². The smallest absolute Gasteiger partial charge is 0.163 e. The minimum absolute atomic E-state index is 0.727. The number of aryl methyl sites for hydroxylation is 4. The molecule has 0 aliphatic carbocycles. The standard InChI is InChI=1S/C16H16ClN3/c1-9-7-5-6-8-13(9)20-16-14(11(3)19-20)10(2)15(17)12(4)18-16/h5-8H,1-4H3. The fourth-order valence-corrected chi connectivity index (χ4v) is 2.75. The van der Waals surface area contributed by atoms with Crippen molar-refractivity contribution in [3.8, 4) is 5.69 Å². The van der Waals surface area contributed by atoms with Crippen LogP contribution < -0.4 is 0 Å². The summed E-state index contributed by atoms with van der Waals surface area (Å²) >= 11 is 6.32. The molecule has 0 amide bonds. The van der Waals surface area contributed by atoms with Crippen molar-refractivity contribution in [3.63, 3.8) is 0 Å². The van der Waals surface area contributed by atoms with Crippen molar-refractivity contribution >= 4 is 22.6 Å². The summed E-state index contributed by atoms with van der Waals surface area (Å²) in [4.78, 5) is 4.64. The van der Waals surface area contributed by atoms with Crippen LogP contribution >= 0.6 is 11.6 Å². The molecule has 20 heavy (non-hydrogen) atoms. The Kier molecular flexibility index (Phi) is 3.02. The second kappa shape index (κ2) is 4.60. The number of aromatic nitrogens is 3. The molecule has 3 nitrogen and oxygen atoms in total. The molecule has 3 rings (SSSR count). The monoisotopic (exact) mass is 285 g/mol. The summed E-state index contributed by atoms with van der Waals surface area (Å²) in [5.74, 6) is 0. The molecule has 0 N–H and O–H groups in total. The molecule has 0 aliphatic heterocycles. The summed E-state index contributed by atoms with van der Waals surface area (Å²) in [6, 6.07) is 8.18. The molecular weight excluding hydrogens is 270 g/mol. The van der Waals surface area contributed by atoms with Crippen LogP contribution in [0, 0.1) is 27.7 Å². The van der Waals surface area contributed by atoms with Crippen molar-refractivity contribution < 1.29 is 0 Å². The first-order chi connectivity index (χ1) is 9.50. The number of para-hydroxylation sites is 1. The van der Waals surface area contributed by atoms with Gasteiger partial charge in [-0.1, -0.05) is 29.8 Å². The zero-order valence-electron chi connectivity index (χ0n) is 12.0. The second-order valence-electron chi connectivity index (χ2n) is 5.12. The van der Waals surface area contributed by atoms with E-state index in [1.165, 1.54) is 5.56 Å². The topological polar surface area (TPSA) is 30.7 Å². The van der Waals surface area contributed by atoms with Crippen LogP contribution in [0.3, 0.4) is 0 Å². The lowest BCUT2D eigenvalue weighted by Crippen LogP contribution is -2.01. The maximum Gasteiger partial charge on any atom is 0.163 e. The highest BCUT2D eigenvalue weighted by Crippen LogP contribution is 2.30. The van der Waals surface area contributed by atoms with Crippen LogP contribution in [0.5, 0.6) is 0 Å². The Bertz CT molecular complexity index is 818. The Morgan fingerprint density at radius 3 is 2.40 bits per heavy atom. The molecule has 0 spiro atoms. The quantitative estimate of drug-likeness (QED) is 0.667. The number of rotatable bonds is 1. The lowest BCUT2D eigenvalue weighted by atomic mass is 10.1. The fourth-order valence-electron chi connectivity index (χ4n) is 2.62. The van der Waals surface area contributed by atoms with Gasteiger partial charge in [0.2, 0.25) is 0 Å². The summed E-state index contributed by atoms with van der Waals surface area (Å²) in [6.45, 7) is 8.03. The molecule has 0 unspecified atom stereocenters. The zero-order valence-corrected chi connectivity index (χ0v) is 12.8. The third-order valence-corrected chi connectivity index (χ3v) is 4.23. The first kappa shape index (κ1) is 13.1. The Hall–Kier alpha value is -1.87. The number of hydrogen-bond donors (Lipinski definition) is 0. The van der Waals surface area contributed by atoms with Gasteiger partial charge in [-0.05, 0) is 44.9 Å². The average Bonchev–Trinajstić information content (AvgIpc) is 2.73. The summed E-state index contributed by atoms with van der Waals surface area (Å²) in [6.07, 6.45) is 0. The molecule has 0 saturated carbocycles. The fraction of sp³-hybridized carbons (Fsp3) is 0.250. The summed E-state index contributed by atoms with van der Waals surface area (Å²) < 4.78 is 1.91. The molecule has 0 radical (unpaired) electrons. The number of benzene rings is 1. The lowest BCUT2D eigenvalue weighted by Gasteiger charge is -2.08. The van der Waals surface area contributed by atoms with E-state index in [1.54, 1.807) is 0 Å². The molecule has 0 saturated heterocycles. The third kappa shape index (κ3) is 1.81. The average molecular weight is 286 g/mol. The van der Waals surface area contributed by atoms with Crippen molar-refractivity contribution in [2.75, 3.05) is 0 Å². The van der Waals surface area contributed by atoms with Crippen LogP contribution in [0.15, 0.2) is 24.3 Å². The minimum atomic E-state index is 0.727. The predicted molar refractivity (Wildman–Crippen MR) is 82.8 cm³/mol. The maximum atomic E-state index is 6.32. The van der Waals surface area contributed by atoms with Gasteiger partial charge < -0.3 is 0 Å². The van der Waals surface area contributed by atoms with Crippen LogP contribution in [0.25, 0.3) is 16.7 Å². The van der Waals surface area contributed by atoms with Gasteiger partial charge in [0.25, 0.3) is 0 Å². The van der Waals surface area contributed by atoms with Crippen LogP contribution in [0.1, 0.15) is 22.5 Å². The summed E-state index contributed by atoms with van der Waals surface area (Å²) in [5.41, 5.74) is 5.94. The van der Waals surface area contributed by atoms with E-state index in [0.717, 1.165) is 38.7 Å². The SMILES string of the molecule is Cc1ccccc1-n1nc(C)c2c(C)c(Cl)c(C)nc21. The first-order valence-electron chi connectivity index (χ1n) is 6.58. The van der Waals surface area contributed by atoms with Gasteiger partial charge in [-0.2, -0.15) is 5.10 Å². The maximum absolute atomic E-state index is 6.32. The van der Waals surface area contributed by atoms with E-state index in [1.807, 2.05) is 37.6 Å². The van der Waals surface area contributed by atoms with E-state index < -0.39 is 0 Å². The van der Waals surface area contributed by atoms with Crippen molar-refractivity contribution in [1.29, 1.82) is 0 Å². The molecule has 3 aromatic rings. The number of halogens is 1. The molecule has 0 fully saturated rings. The molecular formula is C16H16ClN3. The van der Waals surface area contributed by atoms with Gasteiger partial charge in [0, 0.05) is 5.39 Å². The molecule has 2 heterocycles. The number of hydrogen-bond acceptors (Lipinski definition) is 2. The lowest BCUT2D eigenvalue weighted by molar-refractivity contribution is 0.868. The van der Waals surface area contributed by atoms with Gasteiger partial charge in [-0.3, -0.25) is 0 Å². The number of nitrogens with zero attached hydrogens (tertiary/aromatic N) is 3. The highest BCUT2D eigenvalue weighted by atomic mass is 35.5. The molecule has 0 atom stereocenters. The molecule has 2 aromatic heterocycles. The minimum Gasteiger partial charge on any atom is -0.232 e. The van der Waals surface area contributed by atoms with Gasteiger partial charge in [0.1, 0.15) is 0 Å². The van der Waals surface area contributed by atoms with Crippen molar-refractivity contribution in [2.45, 2.75) is 27.7 Å². The van der Waals surface area contributed by atoms with E-state index in [2.05, 4.69) is 29.1 Å². The Balaban J connectivity index is 2.43. The van der Waals surface area contributed by atoms with E-state index in [-0.39, 0.29) is 0 Å². The van der Waals surface area contributed by atoms with Crippen molar-refractivity contribution in [2.24, 2.45) is 0 Å². The van der Waals surface area contributed by atoms with Crippen LogP contribution in [0.4, 0.5) is 0 Å². The Labute approximate surface area is 123 Å². The van der Waals surface area contributed by atoms with Crippen molar-refractivity contribution in [1.82, 2.24) is 14.8 Å². The van der Waals surface area contributed by atoms with Gasteiger partial charge in [-0.25, -0.2) is 9.67 Å². The molecule has 1 aromatic carbocycles. The van der Waals surface area contributed by atoms with Gasteiger partial charge >= 0.3 is 0 Å². The normalized spacial score (nSPS) is 11.2. The second-order valence-corrected chi connectivity index (χ2v) is 5.50. The molecule has 0 aliphatic rings. The summed E-state index contributed by atoms with van der Waals surface area (Å²) in [7, 11) is 0. The molecule has 0 bridgehead atoms. The Morgan fingerprint density at radius 1 is 1.00 bits per heavy atom. The van der Waals surface area contributed by atoms with E-state index in [4.69, 9.17) is 11.6 Å². The van der Waals surface area contributed by atoms with Gasteiger partial charge in [0.15, 0.2) is 5.65 Å². The molecule has 102 valence electrons. The molecule has 4 heteroatoms. The van der Waals surface area contributed by atoms with Crippen LogP contribution in [-0.2, 0) is 0 Å². The van der Waals surface area contributed by atoms with Crippen LogP contribution in [0.2, 0.25) is 5.02 Å². The number of fused-ring (bicyclic) bond motifs is 1. The highest BCUT2D eigenvalue weighted by molar-refractivity contribution is 6.32. The van der Waals surface area contributed by atoms with Gasteiger partial charge in [-0.15, -0.1) is 0 Å². The number of pyridine rings is 1. The van der Waals surface area contributed by atoms with Crippen LogP contribution in [-0.4, -0.2) is 14.8 Å².